The van der Waals surface area contributed by atoms with Crippen LogP contribution in [0.5, 0.6) is 0 Å². The maximum Gasteiger partial charge on any atom is 0.306 e. The lowest BCUT2D eigenvalue weighted by molar-refractivity contribution is -0.870. The third-order valence-corrected chi connectivity index (χ3v) is 16.2. The topological polar surface area (TPSA) is 111 Å². The molecule has 0 aliphatic carbocycles. The molecule has 87 heavy (non-hydrogen) atoms. The van der Waals surface area contributed by atoms with Gasteiger partial charge in [-0.3, -0.25) is 9.59 Å². The van der Waals surface area contributed by atoms with Gasteiger partial charge >= 0.3 is 11.9 Å². The summed E-state index contributed by atoms with van der Waals surface area (Å²) in [6.07, 6.45) is 89.6. The minimum atomic E-state index is -1.63. The zero-order valence-corrected chi connectivity index (χ0v) is 57.6. The van der Waals surface area contributed by atoms with Gasteiger partial charge in [-0.15, -0.1) is 0 Å². The summed E-state index contributed by atoms with van der Waals surface area (Å²) in [7, 11) is 5.93. The van der Waals surface area contributed by atoms with E-state index in [1.807, 2.05) is 21.1 Å². The maximum absolute atomic E-state index is 12.9. The van der Waals surface area contributed by atoms with Crippen LogP contribution in [0, 0.1) is 0 Å². The van der Waals surface area contributed by atoms with Crippen LogP contribution in [-0.4, -0.2) is 82.3 Å². The quantitative estimate of drug-likeness (QED) is 0.0195. The fourth-order valence-electron chi connectivity index (χ4n) is 10.6. The molecule has 2 atom stereocenters. The molecule has 0 amide bonds. The average Bonchev–Trinajstić information content (AvgIpc) is 3.56. The molecule has 0 heterocycles. The lowest BCUT2D eigenvalue weighted by Crippen LogP contribution is -2.44. The van der Waals surface area contributed by atoms with E-state index in [0.717, 1.165) is 89.9 Å². The first-order valence-electron chi connectivity index (χ1n) is 36.7. The monoisotopic (exact) mass is 1220 g/mol. The molecule has 0 N–H and O–H groups in total. The minimum absolute atomic E-state index is 0.145. The number of carboxylic acids is 1. The number of ether oxygens (including phenoxy) is 4. The molecule has 0 aromatic heterocycles. The van der Waals surface area contributed by atoms with Crippen LogP contribution < -0.4 is 5.11 Å². The number of nitrogens with zero attached hydrogens (tertiary/aromatic N) is 1. The third-order valence-electron chi connectivity index (χ3n) is 16.2. The van der Waals surface area contributed by atoms with Crippen molar-refractivity contribution in [3.63, 3.8) is 0 Å². The van der Waals surface area contributed by atoms with Gasteiger partial charge in [0.2, 0.25) is 0 Å². The van der Waals surface area contributed by atoms with Gasteiger partial charge in [0.25, 0.3) is 0 Å². The van der Waals surface area contributed by atoms with Gasteiger partial charge < -0.3 is 33.3 Å². The molecular weight excluding hydrogens is 1080 g/mol. The summed E-state index contributed by atoms with van der Waals surface area (Å²) in [6.45, 7) is 4.67. The van der Waals surface area contributed by atoms with Crippen molar-refractivity contribution < 1.29 is 42.9 Å². The second-order valence-corrected chi connectivity index (χ2v) is 25.9. The highest BCUT2D eigenvalue weighted by molar-refractivity contribution is 5.70. The van der Waals surface area contributed by atoms with Gasteiger partial charge in [-0.1, -0.05) is 336 Å². The average molecular weight is 1220 g/mol. The van der Waals surface area contributed by atoms with Crippen molar-refractivity contribution >= 4 is 17.9 Å². The minimum Gasteiger partial charge on any atom is -0.545 e. The van der Waals surface area contributed by atoms with Crippen molar-refractivity contribution in [1.29, 1.82) is 0 Å². The second-order valence-electron chi connectivity index (χ2n) is 25.9. The van der Waals surface area contributed by atoms with Crippen molar-refractivity contribution in [2.24, 2.45) is 0 Å². The summed E-state index contributed by atoms with van der Waals surface area (Å²) >= 11 is 0. The van der Waals surface area contributed by atoms with E-state index in [1.165, 1.54) is 212 Å². The number of quaternary nitrogens is 1. The highest BCUT2D eigenvalue weighted by Gasteiger charge is 2.22. The molecule has 504 valence electrons. The number of aliphatic carboxylic acids is 1. The summed E-state index contributed by atoms with van der Waals surface area (Å²) in [4.78, 5) is 37.5. The Kier molecular flexibility index (Phi) is 65.6. The number of carbonyl (C=O) groups excluding carboxylic acids is 3. The zero-order valence-electron chi connectivity index (χ0n) is 57.6. The van der Waals surface area contributed by atoms with Crippen LogP contribution >= 0.6 is 0 Å². The Bertz CT molecular complexity index is 1700. The summed E-state index contributed by atoms with van der Waals surface area (Å²) in [6, 6.07) is 0. The fraction of sp³-hybridized carbons (Fsp3) is 0.782. The summed E-state index contributed by atoms with van der Waals surface area (Å²) in [5.74, 6) is -2.28. The smallest absolute Gasteiger partial charge is 0.306 e. The van der Waals surface area contributed by atoms with Crippen molar-refractivity contribution in [2.45, 2.75) is 347 Å². The molecule has 0 bridgehead atoms. The number of carboxylic acid groups (broad SMARTS) is 1. The number of likely N-dealkylation sites (N-methyl/N-ethyl adjacent to an activating group) is 1. The van der Waals surface area contributed by atoms with E-state index < -0.39 is 24.3 Å². The van der Waals surface area contributed by atoms with E-state index in [2.05, 4.69) is 98.9 Å². The number of unbranched alkanes of at least 4 members (excludes halogenated alkanes) is 39. The molecule has 0 aliphatic rings. The molecule has 0 saturated heterocycles. The van der Waals surface area contributed by atoms with E-state index in [9.17, 15) is 19.5 Å². The standard InChI is InChI=1S/C78H139NO8/c1-6-8-10-12-14-16-18-20-22-24-26-28-30-32-34-36-38-40-42-44-46-48-50-52-54-56-58-60-62-64-66-68-75(80)85-72-74(73-86-78(77(82)83)84-71-70-79(3,4)5)87-76(81)69-67-65-63-61-59-57-55-53-51-49-47-45-43-41-39-37-35-33-31-29-27-25-23-21-19-17-15-13-11-9-7-2/h9,11,15,17,21,23,27,29,33,35,39,41,45,47,74,78H,6-8,10,12-14,16,18-20,22,24-26,28,30-32,34,36-38,40,42-44,46,48-73H2,1-5H3/b11-9-,17-15-,23-21-,29-27-,35-33-,41-39-,47-45-. The van der Waals surface area contributed by atoms with Crippen molar-refractivity contribution in [3.8, 4) is 0 Å². The summed E-state index contributed by atoms with van der Waals surface area (Å²) in [5, 5.41) is 11.8. The van der Waals surface area contributed by atoms with Crippen LogP contribution in [0.1, 0.15) is 335 Å². The van der Waals surface area contributed by atoms with E-state index in [0.29, 0.717) is 23.9 Å². The highest BCUT2D eigenvalue weighted by atomic mass is 16.7. The van der Waals surface area contributed by atoms with E-state index in [4.69, 9.17) is 18.9 Å². The van der Waals surface area contributed by atoms with Crippen molar-refractivity contribution in [1.82, 2.24) is 0 Å². The Morgan fingerprint density at radius 2 is 0.655 bits per heavy atom. The van der Waals surface area contributed by atoms with Crippen molar-refractivity contribution in [3.05, 3.63) is 85.1 Å². The zero-order chi connectivity index (χ0) is 63.3. The molecule has 0 spiro atoms. The lowest BCUT2D eigenvalue weighted by atomic mass is 10.0. The van der Waals surface area contributed by atoms with Crippen molar-refractivity contribution in [2.75, 3.05) is 47.5 Å². The first-order chi connectivity index (χ1) is 42.6. The van der Waals surface area contributed by atoms with Gasteiger partial charge in [-0.05, 0) is 70.6 Å². The SMILES string of the molecule is CC/C=C\C/C=C\C/C=C\C/C=C\C/C=C\C/C=C\C/C=C\CCCCCCCCCCCC(=O)OC(COC(=O)CCCCCCCCCCCCCCCCCCCCCCCCCCCCCCCCC)COC(OCC[N+](C)(C)C)C(=O)[O-]. The van der Waals surface area contributed by atoms with Crippen LogP contribution in [0.25, 0.3) is 0 Å². The van der Waals surface area contributed by atoms with Crippen LogP contribution in [0.2, 0.25) is 0 Å². The normalized spacial score (nSPS) is 13.2. The molecule has 0 aromatic carbocycles. The number of rotatable bonds is 68. The molecule has 9 nitrogen and oxygen atoms in total. The van der Waals surface area contributed by atoms with Crippen LogP contribution in [0.3, 0.4) is 0 Å². The number of carbonyl (C=O) groups is 3. The number of hydrogen-bond acceptors (Lipinski definition) is 8. The molecule has 0 saturated carbocycles. The first kappa shape index (κ1) is 83.5. The predicted octanol–water partition coefficient (Wildman–Crippen LogP) is 21.7. The Hall–Kier alpha value is -3.53. The number of hydrogen-bond donors (Lipinski definition) is 0. The van der Waals surface area contributed by atoms with E-state index >= 15 is 0 Å². The van der Waals surface area contributed by atoms with Gasteiger partial charge in [-0.2, -0.15) is 0 Å². The summed E-state index contributed by atoms with van der Waals surface area (Å²) in [5.41, 5.74) is 0. The summed E-state index contributed by atoms with van der Waals surface area (Å²) < 4.78 is 22.8. The van der Waals surface area contributed by atoms with Crippen LogP contribution in [0.15, 0.2) is 85.1 Å². The molecule has 9 heteroatoms. The number of esters is 2. The van der Waals surface area contributed by atoms with Gasteiger partial charge in [0, 0.05) is 12.8 Å². The molecule has 0 fully saturated rings. The third kappa shape index (κ3) is 69.8. The molecule has 0 aliphatic heterocycles. The Balaban J connectivity index is 4.10. The Morgan fingerprint density at radius 1 is 0.356 bits per heavy atom. The molecule has 0 radical (unpaired) electrons. The number of allylic oxidation sites excluding steroid dienone is 14. The molecule has 0 aromatic rings. The van der Waals surface area contributed by atoms with Crippen LogP contribution in [0.4, 0.5) is 0 Å². The first-order valence-corrected chi connectivity index (χ1v) is 36.7. The second kappa shape index (κ2) is 68.4. The van der Waals surface area contributed by atoms with E-state index in [-0.39, 0.29) is 32.2 Å². The Labute approximate surface area is 538 Å². The highest BCUT2D eigenvalue weighted by Crippen LogP contribution is 2.19. The maximum atomic E-state index is 12.9. The van der Waals surface area contributed by atoms with Gasteiger partial charge in [-0.25, -0.2) is 0 Å². The van der Waals surface area contributed by atoms with Gasteiger partial charge in [0.15, 0.2) is 12.4 Å². The van der Waals surface area contributed by atoms with Gasteiger partial charge in [0.05, 0.1) is 40.3 Å². The molecular formula is C78H139NO8. The molecule has 0 rings (SSSR count). The predicted molar refractivity (Wildman–Crippen MR) is 371 cm³/mol. The van der Waals surface area contributed by atoms with E-state index in [1.54, 1.807) is 0 Å². The van der Waals surface area contributed by atoms with Crippen LogP contribution in [-0.2, 0) is 33.3 Å². The fourth-order valence-corrected chi connectivity index (χ4v) is 10.6. The Morgan fingerprint density at radius 3 is 0.977 bits per heavy atom. The largest absolute Gasteiger partial charge is 0.545 e. The lowest BCUT2D eigenvalue weighted by Gasteiger charge is -2.26. The van der Waals surface area contributed by atoms with Gasteiger partial charge in [0.1, 0.15) is 13.2 Å². The molecule has 2 unspecified atom stereocenters.